The van der Waals surface area contributed by atoms with Crippen LogP contribution in [0, 0.1) is 0 Å². The summed E-state index contributed by atoms with van der Waals surface area (Å²) in [5, 5.41) is 20.9. The van der Waals surface area contributed by atoms with E-state index in [2.05, 4.69) is 20.1 Å². The number of nitrogens with one attached hydrogen (secondary N) is 1. The van der Waals surface area contributed by atoms with Crippen molar-refractivity contribution < 1.29 is 14.6 Å². The fourth-order valence-corrected chi connectivity index (χ4v) is 3.48. The molecule has 138 valence electrons. The minimum atomic E-state index is -0.0716. The topological polar surface area (TPSA) is 89.3 Å². The first-order valence-electron chi connectivity index (χ1n) is 9.26. The molecule has 7 nitrogen and oxygen atoms in total. The SMILES string of the molecule is O=C(CCOc1ccccc1)NC1CC(c2nnc(CO)n2C2CC2)C1. The van der Waals surface area contributed by atoms with Crippen LogP contribution in [0.15, 0.2) is 30.3 Å². The highest BCUT2D eigenvalue weighted by Gasteiger charge is 2.38. The highest BCUT2D eigenvalue weighted by atomic mass is 16.5. The van der Waals surface area contributed by atoms with E-state index in [4.69, 9.17) is 4.74 Å². The second kappa shape index (κ2) is 7.45. The Morgan fingerprint density at radius 2 is 2.00 bits per heavy atom. The summed E-state index contributed by atoms with van der Waals surface area (Å²) >= 11 is 0. The van der Waals surface area contributed by atoms with E-state index in [-0.39, 0.29) is 18.6 Å². The lowest BCUT2D eigenvalue weighted by molar-refractivity contribution is -0.122. The van der Waals surface area contributed by atoms with Crippen molar-refractivity contribution in [2.75, 3.05) is 6.61 Å². The molecule has 2 saturated carbocycles. The maximum absolute atomic E-state index is 12.1. The Morgan fingerprint density at radius 1 is 1.23 bits per heavy atom. The van der Waals surface area contributed by atoms with E-state index in [0.717, 1.165) is 37.3 Å². The number of aliphatic hydroxyl groups excluding tert-OH is 1. The summed E-state index contributed by atoms with van der Waals surface area (Å²) in [7, 11) is 0. The van der Waals surface area contributed by atoms with Crippen LogP contribution in [0.25, 0.3) is 0 Å². The van der Waals surface area contributed by atoms with Gasteiger partial charge in [0.05, 0.1) is 13.0 Å². The third-order valence-corrected chi connectivity index (χ3v) is 5.06. The number of benzene rings is 1. The molecule has 0 saturated heterocycles. The molecule has 2 fully saturated rings. The van der Waals surface area contributed by atoms with Crippen LogP contribution in [0.2, 0.25) is 0 Å². The van der Waals surface area contributed by atoms with E-state index in [1.54, 1.807) is 0 Å². The van der Waals surface area contributed by atoms with E-state index in [9.17, 15) is 9.90 Å². The van der Waals surface area contributed by atoms with Crippen LogP contribution in [-0.2, 0) is 11.4 Å². The molecule has 4 rings (SSSR count). The molecule has 26 heavy (non-hydrogen) atoms. The van der Waals surface area contributed by atoms with Gasteiger partial charge in [-0.3, -0.25) is 4.79 Å². The van der Waals surface area contributed by atoms with Crippen molar-refractivity contribution in [3.05, 3.63) is 42.0 Å². The molecule has 2 aliphatic carbocycles. The van der Waals surface area contributed by atoms with Crippen LogP contribution in [-0.4, -0.2) is 38.4 Å². The van der Waals surface area contributed by atoms with E-state index in [0.29, 0.717) is 30.8 Å². The summed E-state index contributed by atoms with van der Waals surface area (Å²) in [6.45, 7) is 0.305. The summed E-state index contributed by atoms with van der Waals surface area (Å²) in [4.78, 5) is 12.1. The first kappa shape index (κ1) is 17.0. The normalized spacial score (nSPS) is 21.9. The predicted molar refractivity (Wildman–Crippen MR) is 94.7 cm³/mol. The lowest BCUT2D eigenvalue weighted by Gasteiger charge is -2.35. The standard InChI is InChI=1S/C19H24N4O3/c24-12-17-21-22-19(23(17)15-6-7-15)13-10-14(11-13)20-18(25)8-9-26-16-4-2-1-3-5-16/h1-5,13-15,24H,6-12H2,(H,20,25). The zero-order chi connectivity index (χ0) is 17.9. The van der Waals surface area contributed by atoms with Gasteiger partial charge in [0.25, 0.3) is 0 Å². The largest absolute Gasteiger partial charge is 0.493 e. The Hall–Kier alpha value is -2.41. The second-order valence-electron chi connectivity index (χ2n) is 7.08. The average molecular weight is 356 g/mol. The fraction of sp³-hybridized carbons (Fsp3) is 0.526. The number of aromatic nitrogens is 3. The van der Waals surface area contributed by atoms with E-state index < -0.39 is 0 Å². The number of rotatable bonds is 8. The number of nitrogens with zero attached hydrogens (tertiary/aromatic N) is 3. The van der Waals surface area contributed by atoms with Gasteiger partial charge < -0.3 is 19.7 Å². The molecule has 1 heterocycles. The van der Waals surface area contributed by atoms with Crippen molar-refractivity contribution in [1.82, 2.24) is 20.1 Å². The molecule has 2 aliphatic rings. The van der Waals surface area contributed by atoms with E-state index >= 15 is 0 Å². The highest BCUT2D eigenvalue weighted by molar-refractivity contribution is 5.76. The molecular formula is C19H24N4O3. The number of ether oxygens (including phenoxy) is 1. The zero-order valence-electron chi connectivity index (χ0n) is 14.7. The van der Waals surface area contributed by atoms with Crippen LogP contribution in [0.3, 0.4) is 0 Å². The van der Waals surface area contributed by atoms with Crippen LogP contribution < -0.4 is 10.1 Å². The molecule has 2 aromatic rings. The Labute approximate surface area is 152 Å². The van der Waals surface area contributed by atoms with Crippen molar-refractivity contribution in [3.63, 3.8) is 0 Å². The molecule has 1 aromatic carbocycles. The fourth-order valence-electron chi connectivity index (χ4n) is 3.48. The number of hydrogen-bond donors (Lipinski definition) is 2. The minimum Gasteiger partial charge on any atom is -0.493 e. The van der Waals surface area contributed by atoms with Crippen LogP contribution >= 0.6 is 0 Å². The van der Waals surface area contributed by atoms with Crippen molar-refractivity contribution >= 4 is 5.91 Å². The van der Waals surface area contributed by atoms with Gasteiger partial charge in [-0.25, -0.2) is 0 Å². The van der Waals surface area contributed by atoms with Crippen molar-refractivity contribution in [3.8, 4) is 5.75 Å². The van der Waals surface area contributed by atoms with Crippen molar-refractivity contribution in [2.45, 2.75) is 56.7 Å². The van der Waals surface area contributed by atoms with Gasteiger partial charge in [-0.05, 0) is 37.8 Å². The summed E-state index contributed by atoms with van der Waals surface area (Å²) in [6.07, 6.45) is 4.37. The number of amides is 1. The Bertz CT molecular complexity index is 751. The first-order valence-corrected chi connectivity index (χ1v) is 9.26. The molecule has 0 aliphatic heterocycles. The zero-order valence-corrected chi connectivity index (χ0v) is 14.7. The molecular weight excluding hydrogens is 332 g/mol. The lowest BCUT2D eigenvalue weighted by Crippen LogP contribution is -2.44. The lowest BCUT2D eigenvalue weighted by atomic mass is 9.79. The molecule has 0 radical (unpaired) electrons. The Morgan fingerprint density at radius 3 is 2.69 bits per heavy atom. The third kappa shape index (κ3) is 3.72. The monoisotopic (exact) mass is 356 g/mol. The number of para-hydroxylation sites is 1. The molecule has 2 N–H and O–H groups in total. The Kier molecular flexibility index (Phi) is 4.88. The van der Waals surface area contributed by atoms with Crippen molar-refractivity contribution in [1.29, 1.82) is 0 Å². The quantitative estimate of drug-likeness (QED) is 0.754. The van der Waals surface area contributed by atoms with Gasteiger partial charge >= 0.3 is 0 Å². The second-order valence-corrected chi connectivity index (χ2v) is 7.08. The number of carbonyl (C=O) groups is 1. The summed E-state index contributed by atoms with van der Waals surface area (Å²) in [6, 6.07) is 10.1. The molecule has 1 aromatic heterocycles. The maximum atomic E-state index is 12.1. The predicted octanol–water partition coefficient (Wildman–Crippen LogP) is 1.94. The maximum Gasteiger partial charge on any atom is 0.223 e. The van der Waals surface area contributed by atoms with Gasteiger partial charge in [-0.1, -0.05) is 18.2 Å². The van der Waals surface area contributed by atoms with Gasteiger partial charge in [0.2, 0.25) is 5.91 Å². The van der Waals surface area contributed by atoms with Crippen molar-refractivity contribution in [2.24, 2.45) is 0 Å². The van der Waals surface area contributed by atoms with Gasteiger partial charge in [0.15, 0.2) is 5.82 Å². The average Bonchev–Trinajstić information content (AvgIpc) is 3.38. The molecule has 1 amide bonds. The molecule has 7 heteroatoms. The van der Waals surface area contributed by atoms with Crippen LogP contribution in [0.4, 0.5) is 0 Å². The van der Waals surface area contributed by atoms with Crippen LogP contribution in [0.1, 0.15) is 55.7 Å². The van der Waals surface area contributed by atoms with Crippen LogP contribution in [0.5, 0.6) is 5.75 Å². The highest BCUT2D eigenvalue weighted by Crippen LogP contribution is 2.42. The Balaban J connectivity index is 1.22. The number of hydrogen-bond acceptors (Lipinski definition) is 5. The first-order chi connectivity index (χ1) is 12.7. The molecule has 0 unspecified atom stereocenters. The molecule has 0 bridgehead atoms. The summed E-state index contributed by atoms with van der Waals surface area (Å²) in [5.41, 5.74) is 0. The third-order valence-electron chi connectivity index (χ3n) is 5.06. The van der Waals surface area contributed by atoms with E-state index in [1.807, 2.05) is 30.3 Å². The number of aliphatic hydroxyl groups is 1. The smallest absolute Gasteiger partial charge is 0.223 e. The van der Waals surface area contributed by atoms with Gasteiger partial charge in [0.1, 0.15) is 18.2 Å². The molecule has 0 atom stereocenters. The number of carbonyl (C=O) groups excluding carboxylic acids is 1. The summed E-state index contributed by atoms with van der Waals surface area (Å²) in [5.74, 6) is 2.74. The van der Waals surface area contributed by atoms with Gasteiger partial charge in [-0.15, -0.1) is 10.2 Å². The van der Waals surface area contributed by atoms with Gasteiger partial charge in [-0.2, -0.15) is 0 Å². The van der Waals surface area contributed by atoms with Gasteiger partial charge in [0, 0.05) is 18.0 Å². The molecule has 0 spiro atoms. The summed E-state index contributed by atoms with van der Waals surface area (Å²) < 4.78 is 7.67. The minimum absolute atomic E-state index is 0.0177. The van der Waals surface area contributed by atoms with E-state index in [1.165, 1.54) is 0 Å².